The van der Waals surface area contributed by atoms with E-state index in [0.29, 0.717) is 5.56 Å². The number of hydrazine groups is 1. The van der Waals surface area contributed by atoms with Gasteiger partial charge in [-0.05, 0) is 56.7 Å². The summed E-state index contributed by atoms with van der Waals surface area (Å²) in [7, 11) is 0. The number of anilines is 1. The summed E-state index contributed by atoms with van der Waals surface area (Å²) in [6.45, 7) is 7.34. The lowest BCUT2D eigenvalue weighted by atomic mass is 10.1. The molecule has 0 aliphatic heterocycles. The Morgan fingerprint density at radius 3 is 2.17 bits per heavy atom. The Kier molecular flexibility index (Phi) is 8.62. The predicted octanol–water partition coefficient (Wildman–Crippen LogP) is 2.86. The molecule has 0 fully saturated rings. The van der Waals surface area contributed by atoms with Gasteiger partial charge < -0.3 is 9.64 Å². The number of aryl methyl sites for hydroxylation is 1. The van der Waals surface area contributed by atoms with Gasteiger partial charge in [0.05, 0.1) is 0 Å². The van der Waals surface area contributed by atoms with Gasteiger partial charge in [-0.25, -0.2) is 4.79 Å². The Labute approximate surface area is 176 Å². The zero-order valence-corrected chi connectivity index (χ0v) is 17.5. The van der Waals surface area contributed by atoms with Gasteiger partial charge in [0.15, 0.2) is 6.61 Å². The quantitative estimate of drug-likeness (QED) is 0.398. The molecular weight excluding hydrogens is 382 g/mol. The number of benzene rings is 2. The van der Waals surface area contributed by atoms with Gasteiger partial charge in [0.2, 0.25) is 0 Å². The van der Waals surface area contributed by atoms with Gasteiger partial charge in [-0.3, -0.25) is 20.4 Å². The molecular formula is C23H27N3O4. The molecule has 7 nitrogen and oxygen atoms in total. The van der Waals surface area contributed by atoms with E-state index < -0.39 is 24.4 Å². The van der Waals surface area contributed by atoms with Crippen LogP contribution in [0.1, 0.15) is 35.3 Å². The molecule has 2 amide bonds. The van der Waals surface area contributed by atoms with Gasteiger partial charge in [-0.15, -0.1) is 0 Å². The minimum Gasteiger partial charge on any atom is -0.452 e. The molecule has 2 rings (SSSR count). The molecule has 2 aromatic carbocycles. The normalized spacial score (nSPS) is 10.5. The van der Waals surface area contributed by atoms with Crippen molar-refractivity contribution in [1.82, 2.24) is 10.9 Å². The Morgan fingerprint density at radius 1 is 0.933 bits per heavy atom. The fraction of sp³-hybridized carbons (Fsp3) is 0.261. The summed E-state index contributed by atoms with van der Waals surface area (Å²) in [6.07, 6.45) is 2.84. The molecule has 7 heteroatoms. The zero-order chi connectivity index (χ0) is 21.9. The van der Waals surface area contributed by atoms with Gasteiger partial charge in [0, 0.05) is 30.4 Å². The SMILES string of the molecule is CCN(CC)c1ccc(C(=O)NNC(=O)COC(=O)/C=C/c2ccc(C)cc2)cc1. The third-order valence-corrected chi connectivity index (χ3v) is 4.41. The van der Waals surface area contributed by atoms with Crippen LogP contribution in [-0.2, 0) is 14.3 Å². The van der Waals surface area contributed by atoms with Gasteiger partial charge in [-0.2, -0.15) is 0 Å². The number of nitrogens with one attached hydrogen (secondary N) is 2. The van der Waals surface area contributed by atoms with Gasteiger partial charge in [-0.1, -0.05) is 29.8 Å². The first-order valence-electron chi connectivity index (χ1n) is 9.78. The molecule has 2 aromatic rings. The van der Waals surface area contributed by atoms with Crippen molar-refractivity contribution < 1.29 is 19.1 Å². The van der Waals surface area contributed by atoms with Crippen molar-refractivity contribution in [3.8, 4) is 0 Å². The van der Waals surface area contributed by atoms with Crippen molar-refractivity contribution in [1.29, 1.82) is 0 Å². The highest BCUT2D eigenvalue weighted by atomic mass is 16.5. The predicted molar refractivity (Wildman–Crippen MR) is 117 cm³/mol. The number of nitrogens with zero attached hydrogens (tertiary/aromatic N) is 1. The van der Waals surface area contributed by atoms with Crippen molar-refractivity contribution in [2.75, 3.05) is 24.6 Å². The Morgan fingerprint density at radius 2 is 1.57 bits per heavy atom. The van der Waals surface area contributed by atoms with Crippen LogP contribution in [-0.4, -0.2) is 37.5 Å². The molecule has 0 radical (unpaired) electrons. The van der Waals surface area contributed by atoms with E-state index in [9.17, 15) is 14.4 Å². The average molecular weight is 409 g/mol. The molecule has 0 spiro atoms. The molecule has 0 saturated carbocycles. The summed E-state index contributed by atoms with van der Waals surface area (Å²) >= 11 is 0. The van der Waals surface area contributed by atoms with Crippen LogP contribution in [0.5, 0.6) is 0 Å². The largest absolute Gasteiger partial charge is 0.452 e. The van der Waals surface area contributed by atoms with E-state index in [2.05, 4.69) is 29.6 Å². The molecule has 0 atom stereocenters. The minimum absolute atomic E-state index is 0.407. The van der Waals surface area contributed by atoms with Crippen LogP contribution >= 0.6 is 0 Å². The first-order valence-corrected chi connectivity index (χ1v) is 9.78. The molecule has 0 heterocycles. The number of amides is 2. The van der Waals surface area contributed by atoms with Crippen LogP contribution in [0.3, 0.4) is 0 Å². The maximum atomic E-state index is 12.1. The van der Waals surface area contributed by atoms with Crippen molar-refractivity contribution in [3.63, 3.8) is 0 Å². The molecule has 0 aliphatic rings. The van der Waals surface area contributed by atoms with Crippen LogP contribution < -0.4 is 15.8 Å². The van der Waals surface area contributed by atoms with Gasteiger partial charge >= 0.3 is 5.97 Å². The van der Waals surface area contributed by atoms with E-state index in [0.717, 1.165) is 29.9 Å². The second-order valence-electron chi connectivity index (χ2n) is 6.57. The maximum Gasteiger partial charge on any atom is 0.331 e. The third-order valence-electron chi connectivity index (χ3n) is 4.41. The summed E-state index contributed by atoms with van der Waals surface area (Å²) < 4.78 is 4.86. The Bertz CT molecular complexity index is 886. The van der Waals surface area contributed by atoms with Crippen LogP contribution in [0.2, 0.25) is 0 Å². The minimum atomic E-state index is -0.649. The highest BCUT2D eigenvalue weighted by Gasteiger charge is 2.10. The fourth-order valence-corrected chi connectivity index (χ4v) is 2.67. The number of carbonyl (C=O) groups excluding carboxylic acids is 3. The van der Waals surface area contributed by atoms with Crippen molar-refractivity contribution in [3.05, 3.63) is 71.3 Å². The summed E-state index contributed by atoms with van der Waals surface area (Å²) in [5, 5.41) is 0. The molecule has 30 heavy (non-hydrogen) atoms. The highest BCUT2D eigenvalue weighted by molar-refractivity contribution is 5.96. The standard InChI is InChI=1S/C23H27N3O4/c1-4-26(5-2)20-13-11-19(12-14-20)23(29)25-24-21(27)16-30-22(28)15-10-18-8-6-17(3)7-9-18/h6-15H,4-5,16H2,1-3H3,(H,24,27)(H,25,29)/b15-10+. The molecule has 0 bridgehead atoms. The first-order chi connectivity index (χ1) is 14.4. The second kappa shape index (κ2) is 11.4. The van der Waals surface area contributed by atoms with Crippen molar-refractivity contribution in [2.45, 2.75) is 20.8 Å². The third kappa shape index (κ3) is 7.09. The van der Waals surface area contributed by atoms with Gasteiger partial charge in [0.1, 0.15) is 0 Å². The van der Waals surface area contributed by atoms with Crippen LogP contribution in [0, 0.1) is 6.92 Å². The summed E-state index contributed by atoms with van der Waals surface area (Å²) in [6, 6.07) is 14.7. The van der Waals surface area contributed by atoms with E-state index in [4.69, 9.17) is 4.74 Å². The first kappa shape index (κ1) is 22.7. The van der Waals surface area contributed by atoms with Gasteiger partial charge in [0.25, 0.3) is 11.8 Å². The zero-order valence-electron chi connectivity index (χ0n) is 17.5. The molecule has 0 aromatic heterocycles. The Hall–Kier alpha value is -3.61. The molecule has 158 valence electrons. The Balaban J connectivity index is 1.75. The van der Waals surface area contributed by atoms with Crippen molar-refractivity contribution in [2.24, 2.45) is 0 Å². The lowest BCUT2D eigenvalue weighted by Gasteiger charge is -2.21. The number of hydrogen-bond donors (Lipinski definition) is 2. The molecule has 0 aliphatic carbocycles. The summed E-state index contributed by atoms with van der Waals surface area (Å²) in [5.41, 5.74) is 7.92. The number of ether oxygens (including phenoxy) is 1. The summed E-state index contributed by atoms with van der Waals surface area (Å²) in [4.78, 5) is 37.8. The number of esters is 1. The van der Waals surface area contributed by atoms with E-state index in [1.165, 1.54) is 6.08 Å². The summed E-state index contributed by atoms with van der Waals surface area (Å²) in [5.74, 6) is -1.75. The van der Waals surface area contributed by atoms with Crippen LogP contribution in [0.15, 0.2) is 54.6 Å². The number of hydrogen-bond acceptors (Lipinski definition) is 5. The number of rotatable bonds is 8. The van der Waals surface area contributed by atoms with E-state index >= 15 is 0 Å². The molecule has 0 saturated heterocycles. The molecule has 2 N–H and O–H groups in total. The monoisotopic (exact) mass is 409 g/mol. The highest BCUT2D eigenvalue weighted by Crippen LogP contribution is 2.14. The van der Waals surface area contributed by atoms with E-state index in [1.807, 2.05) is 43.3 Å². The average Bonchev–Trinajstić information content (AvgIpc) is 2.77. The number of carbonyl (C=O) groups is 3. The fourth-order valence-electron chi connectivity index (χ4n) is 2.67. The second-order valence-corrected chi connectivity index (χ2v) is 6.57. The molecule has 0 unspecified atom stereocenters. The van der Waals surface area contributed by atoms with E-state index in [-0.39, 0.29) is 0 Å². The topological polar surface area (TPSA) is 87.7 Å². The van der Waals surface area contributed by atoms with Crippen LogP contribution in [0.4, 0.5) is 5.69 Å². The lowest BCUT2D eigenvalue weighted by Crippen LogP contribution is -2.43. The van der Waals surface area contributed by atoms with Crippen LogP contribution in [0.25, 0.3) is 6.08 Å². The maximum absolute atomic E-state index is 12.1. The van der Waals surface area contributed by atoms with Crippen molar-refractivity contribution >= 4 is 29.5 Å². The lowest BCUT2D eigenvalue weighted by molar-refractivity contribution is -0.144. The smallest absolute Gasteiger partial charge is 0.331 e. The van der Waals surface area contributed by atoms with E-state index in [1.54, 1.807) is 18.2 Å².